The summed E-state index contributed by atoms with van der Waals surface area (Å²) >= 11 is 0. The van der Waals surface area contributed by atoms with Crippen LogP contribution in [-0.4, -0.2) is 25.1 Å². The fourth-order valence-corrected chi connectivity index (χ4v) is 3.95. The Morgan fingerprint density at radius 1 is 0.812 bits per heavy atom. The number of hydrogen-bond donors (Lipinski definition) is 2. The minimum absolute atomic E-state index is 0.910. The number of rotatable bonds is 8. The summed E-state index contributed by atoms with van der Waals surface area (Å²) < 4.78 is 0. The molecule has 2 N–H and O–H groups in total. The van der Waals surface area contributed by atoms with Crippen LogP contribution in [0.2, 0.25) is 0 Å². The zero-order valence-corrected chi connectivity index (χ0v) is 31.9. The van der Waals surface area contributed by atoms with Crippen LogP contribution in [0.3, 0.4) is 0 Å². The van der Waals surface area contributed by atoms with Crippen molar-refractivity contribution in [1.82, 2.24) is 10.3 Å². The average molecular weight is 648 g/mol. The van der Waals surface area contributed by atoms with Crippen LogP contribution in [0, 0.1) is 45.5 Å². The third-order valence-corrected chi connectivity index (χ3v) is 6.89. The molecule has 0 spiro atoms. The Balaban J connectivity index is 0. The van der Waals surface area contributed by atoms with Crippen molar-refractivity contribution in [3.63, 3.8) is 0 Å². The van der Waals surface area contributed by atoms with E-state index in [4.69, 9.17) is 0 Å². The molecule has 0 saturated carbocycles. The number of nitrogens with zero attached hydrogens (tertiary/aromatic N) is 1. The number of hydrogen-bond acceptors (Lipinski definition) is 3. The molecule has 0 bridgehead atoms. The van der Waals surface area contributed by atoms with Crippen LogP contribution in [0.15, 0.2) is 90.7 Å². The number of unbranched alkanes of at least 4 members (excludes halogenated alkanes) is 1. The highest BCUT2D eigenvalue weighted by molar-refractivity contribution is 5.56. The Morgan fingerprint density at radius 2 is 1.54 bits per heavy atom. The van der Waals surface area contributed by atoms with E-state index >= 15 is 0 Å². The first-order valence-electron chi connectivity index (χ1n) is 17.7. The smallest absolute Gasteiger partial charge is 0.125 e. The first-order chi connectivity index (χ1) is 23.3. The SMILES string of the molecule is C#C.CC.CC/C=C/c1ccc(C)c(C#Cc2ccc(C)c(C)c2)c1.CC1=CCCC=C1.CCCCNCCC.CNc1ccccn1. The summed E-state index contributed by atoms with van der Waals surface area (Å²) in [7, 11) is 1.85. The maximum Gasteiger partial charge on any atom is 0.125 e. The minimum Gasteiger partial charge on any atom is -0.373 e. The highest BCUT2D eigenvalue weighted by Crippen LogP contribution is 2.13. The summed E-state index contributed by atoms with van der Waals surface area (Å²) in [5.74, 6) is 7.50. The van der Waals surface area contributed by atoms with Crippen LogP contribution >= 0.6 is 0 Å². The van der Waals surface area contributed by atoms with E-state index in [0.29, 0.717) is 0 Å². The number of aryl methyl sites for hydroxylation is 3. The molecule has 0 fully saturated rings. The fourth-order valence-electron chi connectivity index (χ4n) is 3.95. The lowest BCUT2D eigenvalue weighted by Crippen LogP contribution is -2.15. The molecule has 0 atom stereocenters. The second-order valence-corrected chi connectivity index (χ2v) is 10.9. The van der Waals surface area contributed by atoms with Gasteiger partial charge in [-0.2, -0.15) is 0 Å². The molecule has 0 unspecified atom stereocenters. The Kier molecular flexibility index (Phi) is 31.1. The van der Waals surface area contributed by atoms with E-state index in [1.54, 1.807) is 6.20 Å². The second-order valence-electron chi connectivity index (χ2n) is 10.9. The van der Waals surface area contributed by atoms with E-state index in [2.05, 4.69) is 156 Å². The molecule has 260 valence electrons. The summed E-state index contributed by atoms with van der Waals surface area (Å²) in [5.41, 5.74) is 8.62. The lowest BCUT2D eigenvalue weighted by molar-refractivity contribution is 0.633. The summed E-state index contributed by atoms with van der Waals surface area (Å²) in [5, 5.41) is 6.25. The number of aromatic nitrogens is 1. The summed E-state index contributed by atoms with van der Waals surface area (Å²) in [6.45, 7) is 21.4. The Labute approximate surface area is 296 Å². The standard InChI is InChI=1S/C21H22.C7H17N.C7H10.C6H8N2.C2H6.C2H2/c1-5-6-7-19-11-9-17(3)21(15-19)13-12-20-10-8-16(2)18(4)14-20;1-3-5-7-8-6-4-2;1-7-5-3-2-4-6-7;1-7-6-4-2-3-5-8-6;2*1-2/h6-11,14-15H,5H2,1-4H3;8H,3-7H2,1-2H3;3,5-6H,2,4H2,1H3;2-5H,1H3,(H,7,8);1-2H3;1-2H/b7-6+;;;;;. The molecule has 1 aliphatic carbocycles. The molecule has 0 aliphatic heterocycles. The van der Waals surface area contributed by atoms with Crippen molar-refractivity contribution < 1.29 is 0 Å². The second kappa shape index (κ2) is 32.6. The quantitative estimate of drug-likeness (QED) is 0.189. The van der Waals surface area contributed by atoms with Gasteiger partial charge in [0, 0.05) is 24.4 Å². The van der Waals surface area contributed by atoms with E-state index in [-0.39, 0.29) is 0 Å². The number of terminal acetylenes is 1. The highest BCUT2D eigenvalue weighted by atomic mass is 14.9. The molecule has 3 nitrogen and oxygen atoms in total. The van der Waals surface area contributed by atoms with Gasteiger partial charge in [0.15, 0.2) is 0 Å². The Morgan fingerprint density at radius 3 is 2.04 bits per heavy atom. The van der Waals surface area contributed by atoms with E-state index in [9.17, 15) is 0 Å². The van der Waals surface area contributed by atoms with Crippen molar-refractivity contribution in [3.8, 4) is 24.7 Å². The number of benzene rings is 2. The van der Waals surface area contributed by atoms with E-state index in [0.717, 1.165) is 23.4 Å². The van der Waals surface area contributed by atoms with Crippen LogP contribution in [0.5, 0.6) is 0 Å². The van der Waals surface area contributed by atoms with Gasteiger partial charge in [0.2, 0.25) is 0 Å². The molecule has 1 heterocycles. The Bertz CT molecular complexity index is 1380. The van der Waals surface area contributed by atoms with Gasteiger partial charge in [-0.1, -0.05) is 113 Å². The highest BCUT2D eigenvalue weighted by Gasteiger charge is 1.97. The summed E-state index contributed by atoms with van der Waals surface area (Å²) in [6.07, 6.45) is 28.1. The predicted octanol–water partition coefficient (Wildman–Crippen LogP) is 11.9. The third-order valence-electron chi connectivity index (χ3n) is 6.89. The van der Waals surface area contributed by atoms with Gasteiger partial charge in [-0.05, 0) is 125 Å². The topological polar surface area (TPSA) is 37.0 Å². The van der Waals surface area contributed by atoms with Crippen LogP contribution in [-0.2, 0) is 0 Å². The van der Waals surface area contributed by atoms with Gasteiger partial charge < -0.3 is 10.6 Å². The normalized spacial score (nSPS) is 10.6. The first kappa shape index (κ1) is 45.8. The van der Waals surface area contributed by atoms with Gasteiger partial charge in [0.1, 0.15) is 5.82 Å². The van der Waals surface area contributed by atoms with Gasteiger partial charge in [-0.3, -0.25) is 0 Å². The van der Waals surface area contributed by atoms with Gasteiger partial charge in [0.25, 0.3) is 0 Å². The molecule has 0 radical (unpaired) electrons. The van der Waals surface area contributed by atoms with E-state index in [1.807, 2.05) is 39.1 Å². The van der Waals surface area contributed by atoms with Gasteiger partial charge in [0.05, 0.1) is 0 Å². The molecule has 48 heavy (non-hydrogen) atoms. The molecule has 2 aromatic carbocycles. The molecule has 0 amide bonds. The minimum atomic E-state index is 0.910. The fraction of sp³-hybridized carbons (Fsp3) is 0.400. The van der Waals surface area contributed by atoms with Crippen LogP contribution in [0.25, 0.3) is 6.08 Å². The van der Waals surface area contributed by atoms with Crippen LogP contribution < -0.4 is 10.6 Å². The van der Waals surface area contributed by atoms with Crippen molar-refractivity contribution in [1.29, 1.82) is 0 Å². The molecule has 0 saturated heterocycles. The maximum atomic E-state index is 4.00. The van der Waals surface area contributed by atoms with Crippen molar-refractivity contribution in [2.75, 3.05) is 25.5 Å². The van der Waals surface area contributed by atoms with Crippen molar-refractivity contribution in [3.05, 3.63) is 124 Å². The van der Waals surface area contributed by atoms with Crippen molar-refractivity contribution in [2.24, 2.45) is 0 Å². The third kappa shape index (κ3) is 23.9. The zero-order chi connectivity index (χ0) is 36.4. The molecular weight excluding hydrogens is 583 g/mol. The van der Waals surface area contributed by atoms with Gasteiger partial charge >= 0.3 is 0 Å². The first-order valence-corrected chi connectivity index (χ1v) is 17.7. The molecule has 1 aromatic heterocycles. The largest absolute Gasteiger partial charge is 0.373 e. The van der Waals surface area contributed by atoms with E-state index < -0.39 is 0 Å². The summed E-state index contributed by atoms with van der Waals surface area (Å²) in [4.78, 5) is 3.99. The lowest BCUT2D eigenvalue weighted by atomic mass is 10.0. The molecular formula is C45H65N3. The zero-order valence-electron chi connectivity index (χ0n) is 31.9. The van der Waals surface area contributed by atoms with Crippen LogP contribution in [0.4, 0.5) is 5.82 Å². The van der Waals surface area contributed by atoms with Crippen molar-refractivity contribution in [2.45, 2.75) is 101 Å². The Hall–Kier alpha value is -4.31. The van der Waals surface area contributed by atoms with Crippen molar-refractivity contribution >= 4 is 11.9 Å². The maximum absolute atomic E-state index is 4.00. The van der Waals surface area contributed by atoms with Gasteiger partial charge in [-0.15, -0.1) is 12.8 Å². The lowest BCUT2D eigenvalue weighted by Gasteiger charge is -2.01. The molecule has 3 heteroatoms. The molecule has 4 rings (SSSR count). The number of allylic oxidation sites excluding steroid dienone is 5. The van der Waals surface area contributed by atoms with Crippen LogP contribution in [0.1, 0.15) is 113 Å². The molecule has 1 aliphatic rings. The van der Waals surface area contributed by atoms with E-state index in [1.165, 1.54) is 73.0 Å². The predicted molar refractivity (Wildman–Crippen MR) is 218 cm³/mol. The summed E-state index contributed by atoms with van der Waals surface area (Å²) in [6, 6.07) is 18.6. The number of anilines is 1. The molecule has 3 aromatic rings. The number of nitrogens with one attached hydrogen (secondary N) is 2. The monoisotopic (exact) mass is 648 g/mol. The number of pyridine rings is 1. The average Bonchev–Trinajstić information content (AvgIpc) is 3.14. The van der Waals surface area contributed by atoms with Gasteiger partial charge in [-0.25, -0.2) is 4.98 Å².